The van der Waals surface area contributed by atoms with Gasteiger partial charge in [0.05, 0.1) is 16.8 Å². The molecule has 1 saturated carbocycles. The predicted octanol–water partition coefficient (Wildman–Crippen LogP) is 4.04. The molecule has 5 N–H and O–H groups in total. The van der Waals surface area contributed by atoms with E-state index in [0.717, 1.165) is 37.7 Å². The Morgan fingerprint density at radius 2 is 1.71 bits per heavy atom. The molecule has 2 aliphatic heterocycles. The highest BCUT2D eigenvalue weighted by atomic mass is 16.5. The minimum absolute atomic E-state index is 0.0146. The van der Waals surface area contributed by atoms with Crippen LogP contribution in [-0.4, -0.2) is 30.9 Å². The van der Waals surface area contributed by atoms with Gasteiger partial charge in [0.15, 0.2) is 0 Å². The number of anilines is 4. The molecule has 2 aromatic carbocycles. The molecule has 8 nitrogen and oxygen atoms in total. The summed E-state index contributed by atoms with van der Waals surface area (Å²) in [6.07, 6.45) is 6.09. The first-order valence-corrected chi connectivity index (χ1v) is 12.5. The first kappa shape index (κ1) is 23.4. The average Bonchev–Trinajstić information content (AvgIpc) is 3.11. The summed E-state index contributed by atoms with van der Waals surface area (Å²) in [5.41, 5.74) is 8.64. The largest absolute Gasteiger partial charge is 0.397 e. The number of carbonyl (C=O) groups excluding carboxylic acids is 3. The molecule has 2 heterocycles. The molecule has 0 aromatic heterocycles. The summed E-state index contributed by atoms with van der Waals surface area (Å²) >= 11 is 0. The van der Waals surface area contributed by atoms with Gasteiger partial charge in [-0.1, -0.05) is 37.5 Å². The first-order valence-electron chi connectivity index (χ1n) is 12.5. The van der Waals surface area contributed by atoms with Crippen molar-refractivity contribution in [2.45, 2.75) is 50.4 Å². The Balaban J connectivity index is 1.36. The third-order valence-electron chi connectivity index (χ3n) is 7.74. The zero-order chi connectivity index (χ0) is 24.4. The lowest BCUT2D eigenvalue weighted by molar-refractivity contribution is -0.132. The van der Waals surface area contributed by atoms with Crippen LogP contribution in [0.2, 0.25) is 0 Å². The highest BCUT2D eigenvalue weighted by Crippen LogP contribution is 2.45. The van der Waals surface area contributed by atoms with Crippen LogP contribution in [0.3, 0.4) is 0 Å². The normalized spacial score (nSPS) is 20.1. The van der Waals surface area contributed by atoms with E-state index in [9.17, 15) is 14.4 Å². The van der Waals surface area contributed by atoms with Crippen molar-refractivity contribution in [1.29, 1.82) is 0 Å². The van der Waals surface area contributed by atoms with E-state index in [1.807, 2.05) is 12.1 Å². The maximum Gasteiger partial charge on any atom is 0.237 e. The molecule has 1 spiro atoms. The summed E-state index contributed by atoms with van der Waals surface area (Å²) in [4.78, 5) is 39.6. The molecular weight excluding hydrogens is 444 g/mol. The van der Waals surface area contributed by atoms with Crippen LogP contribution in [-0.2, 0) is 24.5 Å². The van der Waals surface area contributed by atoms with Crippen molar-refractivity contribution in [3.05, 3.63) is 48.0 Å². The van der Waals surface area contributed by atoms with Gasteiger partial charge in [-0.15, -0.1) is 0 Å². The molecule has 5 rings (SSSR count). The van der Waals surface area contributed by atoms with E-state index in [4.69, 9.17) is 10.5 Å². The Morgan fingerprint density at radius 3 is 2.46 bits per heavy atom. The third kappa shape index (κ3) is 4.50. The fourth-order valence-corrected chi connectivity index (χ4v) is 5.78. The summed E-state index contributed by atoms with van der Waals surface area (Å²) in [6.45, 7) is 1.10. The highest BCUT2D eigenvalue weighted by Gasteiger charge is 2.47. The number of nitrogens with two attached hydrogens (primary N) is 1. The molecule has 35 heavy (non-hydrogen) atoms. The molecule has 0 bridgehead atoms. The van der Waals surface area contributed by atoms with Crippen LogP contribution >= 0.6 is 0 Å². The smallest absolute Gasteiger partial charge is 0.237 e. The van der Waals surface area contributed by atoms with Crippen LogP contribution in [0.1, 0.15) is 50.5 Å². The summed E-state index contributed by atoms with van der Waals surface area (Å²) < 4.78 is 5.47. The van der Waals surface area contributed by atoms with Crippen molar-refractivity contribution < 1.29 is 19.1 Å². The van der Waals surface area contributed by atoms with E-state index >= 15 is 0 Å². The topological polar surface area (TPSA) is 123 Å². The lowest BCUT2D eigenvalue weighted by Crippen LogP contribution is -2.40. The van der Waals surface area contributed by atoms with Crippen LogP contribution in [0.4, 0.5) is 22.7 Å². The van der Waals surface area contributed by atoms with Gasteiger partial charge < -0.3 is 26.4 Å². The van der Waals surface area contributed by atoms with E-state index in [1.54, 1.807) is 30.3 Å². The Bertz CT molecular complexity index is 1140. The Morgan fingerprint density at radius 1 is 1.00 bits per heavy atom. The van der Waals surface area contributed by atoms with Crippen molar-refractivity contribution in [2.24, 2.45) is 11.8 Å². The quantitative estimate of drug-likeness (QED) is 0.383. The summed E-state index contributed by atoms with van der Waals surface area (Å²) in [7, 11) is 0. The van der Waals surface area contributed by atoms with Gasteiger partial charge in [-0.05, 0) is 61.4 Å². The molecule has 1 unspecified atom stereocenters. The molecule has 2 aromatic rings. The summed E-state index contributed by atoms with van der Waals surface area (Å²) in [6, 6.07) is 12.6. The van der Waals surface area contributed by atoms with Crippen molar-refractivity contribution in [3.63, 3.8) is 0 Å². The molecule has 0 radical (unpaired) electrons. The standard InChI is InChI=1S/C27H32N4O4/c28-20-8-4-5-9-21(20)30-25(33)23(17-6-2-1-3-7-17)24(32)29-18-10-11-19-22(16-18)31-26(34)27(19)12-14-35-15-13-27/h4-5,8-11,16-17,23H,1-3,6-7,12-15,28H2,(H,29,32)(H,30,33)(H,31,34). The number of amides is 3. The van der Waals surface area contributed by atoms with Crippen LogP contribution in [0.15, 0.2) is 42.5 Å². The lowest BCUT2D eigenvalue weighted by atomic mass is 9.75. The first-order chi connectivity index (χ1) is 17.0. The van der Waals surface area contributed by atoms with Crippen molar-refractivity contribution in [1.82, 2.24) is 0 Å². The molecule has 1 atom stereocenters. The van der Waals surface area contributed by atoms with Crippen molar-refractivity contribution in [2.75, 3.05) is 34.9 Å². The number of para-hydroxylation sites is 2. The number of carbonyl (C=O) groups is 3. The van der Waals surface area contributed by atoms with Gasteiger partial charge >= 0.3 is 0 Å². The van der Waals surface area contributed by atoms with Crippen molar-refractivity contribution in [3.8, 4) is 0 Å². The monoisotopic (exact) mass is 476 g/mol. The van der Waals surface area contributed by atoms with Crippen LogP contribution < -0.4 is 21.7 Å². The Kier molecular flexibility index (Phi) is 6.47. The molecule has 184 valence electrons. The summed E-state index contributed by atoms with van der Waals surface area (Å²) in [5, 5.41) is 8.80. The zero-order valence-electron chi connectivity index (χ0n) is 19.8. The van der Waals surface area contributed by atoms with E-state index in [2.05, 4.69) is 16.0 Å². The fourth-order valence-electron chi connectivity index (χ4n) is 5.78. The summed E-state index contributed by atoms with van der Waals surface area (Å²) in [5.74, 6) is -1.57. The van der Waals surface area contributed by atoms with E-state index in [1.165, 1.54) is 0 Å². The number of nitrogens with one attached hydrogen (secondary N) is 3. The minimum Gasteiger partial charge on any atom is -0.397 e. The molecular formula is C27H32N4O4. The second kappa shape index (κ2) is 9.70. The highest BCUT2D eigenvalue weighted by molar-refractivity contribution is 6.12. The van der Waals surface area contributed by atoms with Gasteiger partial charge in [0.1, 0.15) is 5.92 Å². The number of rotatable bonds is 5. The van der Waals surface area contributed by atoms with Gasteiger partial charge in [0.25, 0.3) is 0 Å². The predicted molar refractivity (Wildman–Crippen MR) is 135 cm³/mol. The Hall–Kier alpha value is -3.39. The third-order valence-corrected chi connectivity index (χ3v) is 7.74. The van der Waals surface area contributed by atoms with Gasteiger partial charge in [-0.25, -0.2) is 0 Å². The molecule has 2 fully saturated rings. The average molecular weight is 477 g/mol. The molecule has 3 aliphatic rings. The number of ether oxygens (including phenoxy) is 1. The number of benzene rings is 2. The second-order valence-corrected chi connectivity index (χ2v) is 9.85. The van der Waals surface area contributed by atoms with Gasteiger partial charge in [-0.2, -0.15) is 0 Å². The van der Waals surface area contributed by atoms with Crippen molar-refractivity contribution >= 4 is 40.5 Å². The molecule has 8 heteroatoms. The van der Waals surface area contributed by atoms with Crippen LogP contribution in [0, 0.1) is 11.8 Å². The minimum atomic E-state index is -0.834. The maximum atomic E-state index is 13.5. The van der Waals surface area contributed by atoms with E-state index in [0.29, 0.717) is 48.8 Å². The van der Waals surface area contributed by atoms with Crippen LogP contribution in [0.25, 0.3) is 0 Å². The lowest BCUT2D eigenvalue weighted by Gasteiger charge is -2.31. The number of hydrogen-bond acceptors (Lipinski definition) is 5. The van der Waals surface area contributed by atoms with Gasteiger partial charge in [-0.3, -0.25) is 14.4 Å². The van der Waals surface area contributed by atoms with Crippen LogP contribution in [0.5, 0.6) is 0 Å². The maximum absolute atomic E-state index is 13.5. The number of fused-ring (bicyclic) bond motifs is 2. The van der Waals surface area contributed by atoms with E-state index in [-0.39, 0.29) is 23.6 Å². The number of nitrogen functional groups attached to an aromatic ring is 1. The molecule has 1 aliphatic carbocycles. The van der Waals surface area contributed by atoms with Gasteiger partial charge in [0.2, 0.25) is 17.7 Å². The van der Waals surface area contributed by atoms with E-state index < -0.39 is 11.3 Å². The molecule has 3 amide bonds. The van der Waals surface area contributed by atoms with Gasteiger partial charge in [0, 0.05) is 24.6 Å². The second-order valence-electron chi connectivity index (χ2n) is 9.85. The fraction of sp³-hybridized carbons (Fsp3) is 0.444. The number of hydrogen-bond donors (Lipinski definition) is 4. The SMILES string of the molecule is Nc1ccccc1NC(=O)C(C(=O)Nc1ccc2c(c1)NC(=O)C21CCOCC1)C1CCCCC1. The Labute approximate surface area is 205 Å². The molecule has 1 saturated heterocycles. The zero-order valence-corrected chi connectivity index (χ0v) is 19.8.